The number of para-hydroxylation sites is 1. The third kappa shape index (κ3) is 4.26. The zero-order valence-corrected chi connectivity index (χ0v) is 13.6. The van der Waals surface area contributed by atoms with Gasteiger partial charge in [-0.05, 0) is 6.07 Å². The summed E-state index contributed by atoms with van der Waals surface area (Å²) in [6.07, 6.45) is 0.813. The summed E-state index contributed by atoms with van der Waals surface area (Å²) in [4.78, 5) is 15.1. The van der Waals surface area contributed by atoms with Crippen LogP contribution in [0.25, 0.3) is 0 Å². The number of carbonyl (C=O) groups is 1. The smallest absolute Gasteiger partial charge is 0.241 e. The van der Waals surface area contributed by atoms with Gasteiger partial charge < -0.3 is 21.1 Å². The number of fused-ring (bicyclic) bond motifs is 1. The second kappa shape index (κ2) is 7.93. The van der Waals surface area contributed by atoms with Crippen molar-refractivity contribution in [1.29, 1.82) is 0 Å². The predicted molar refractivity (Wildman–Crippen MR) is 88.4 cm³/mol. The molecule has 20 heavy (non-hydrogen) atoms. The van der Waals surface area contributed by atoms with Gasteiger partial charge in [-0.25, -0.2) is 4.99 Å². The summed E-state index contributed by atoms with van der Waals surface area (Å²) in [7, 11) is 1.57. The molecule has 0 spiro atoms. The topological polar surface area (TPSA) is 88.7 Å². The molecule has 0 aliphatic carbocycles. The molecular formula is C13H19IN4O2. The van der Waals surface area contributed by atoms with Crippen molar-refractivity contribution in [3.63, 3.8) is 0 Å². The Bertz CT molecular complexity index is 493. The molecular weight excluding hydrogens is 371 g/mol. The minimum absolute atomic E-state index is 0. The highest BCUT2D eigenvalue weighted by molar-refractivity contribution is 14.0. The number of aliphatic imine (C=N–C) groups is 1. The summed E-state index contributed by atoms with van der Waals surface area (Å²) in [5.74, 6) is 0.966. The maximum Gasteiger partial charge on any atom is 0.241 e. The van der Waals surface area contributed by atoms with Gasteiger partial charge >= 0.3 is 0 Å². The Kier molecular flexibility index (Phi) is 6.56. The first-order valence-corrected chi connectivity index (χ1v) is 6.19. The summed E-state index contributed by atoms with van der Waals surface area (Å²) in [6, 6.07) is 7.89. The van der Waals surface area contributed by atoms with Crippen molar-refractivity contribution in [1.82, 2.24) is 10.6 Å². The van der Waals surface area contributed by atoms with Gasteiger partial charge in [0.15, 0.2) is 5.96 Å². The van der Waals surface area contributed by atoms with E-state index < -0.39 is 0 Å². The second-order valence-corrected chi connectivity index (χ2v) is 4.25. The van der Waals surface area contributed by atoms with Crippen molar-refractivity contribution >= 4 is 35.8 Å². The quantitative estimate of drug-likeness (QED) is 0.404. The van der Waals surface area contributed by atoms with E-state index in [9.17, 15) is 4.79 Å². The fourth-order valence-corrected chi connectivity index (χ4v) is 1.95. The third-order valence-electron chi connectivity index (χ3n) is 2.95. The number of carbonyl (C=O) groups excluding carboxylic acids is 1. The molecule has 1 heterocycles. The minimum Gasteiger partial charge on any atom is -0.493 e. The lowest BCUT2D eigenvalue weighted by Gasteiger charge is -2.26. The van der Waals surface area contributed by atoms with E-state index in [1.807, 2.05) is 24.3 Å². The van der Waals surface area contributed by atoms with Crippen molar-refractivity contribution < 1.29 is 9.53 Å². The van der Waals surface area contributed by atoms with Crippen LogP contribution in [-0.2, 0) is 4.79 Å². The molecule has 0 aromatic heterocycles. The molecule has 7 heteroatoms. The zero-order valence-electron chi connectivity index (χ0n) is 11.3. The Balaban J connectivity index is 0.00000200. The van der Waals surface area contributed by atoms with Crippen LogP contribution in [0, 0.1) is 0 Å². The van der Waals surface area contributed by atoms with Gasteiger partial charge in [0.2, 0.25) is 5.91 Å². The van der Waals surface area contributed by atoms with Crippen molar-refractivity contribution in [2.75, 3.05) is 20.2 Å². The lowest BCUT2D eigenvalue weighted by Crippen LogP contribution is -2.38. The average molecular weight is 390 g/mol. The molecule has 1 aromatic rings. The molecule has 2 rings (SSSR count). The molecule has 4 N–H and O–H groups in total. The number of rotatable bonds is 3. The molecule has 0 saturated heterocycles. The average Bonchev–Trinajstić information content (AvgIpc) is 2.45. The largest absolute Gasteiger partial charge is 0.493 e. The van der Waals surface area contributed by atoms with E-state index in [2.05, 4.69) is 15.6 Å². The van der Waals surface area contributed by atoms with E-state index in [0.29, 0.717) is 6.61 Å². The van der Waals surface area contributed by atoms with Gasteiger partial charge in [-0.15, -0.1) is 24.0 Å². The number of halogens is 1. The molecule has 1 aliphatic rings. The van der Waals surface area contributed by atoms with Gasteiger partial charge in [0.25, 0.3) is 0 Å². The Morgan fingerprint density at radius 1 is 1.50 bits per heavy atom. The molecule has 1 amide bonds. The number of hydrogen-bond acceptors (Lipinski definition) is 3. The first kappa shape index (κ1) is 16.5. The van der Waals surface area contributed by atoms with E-state index in [-0.39, 0.29) is 48.4 Å². The van der Waals surface area contributed by atoms with Crippen LogP contribution in [0.2, 0.25) is 0 Å². The van der Waals surface area contributed by atoms with Gasteiger partial charge in [-0.1, -0.05) is 18.2 Å². The molecule has 1 unspecified atom stereocenters. The van der Waals surface area contributed by atoms with Crippen LogP contribution in [0.3, 0.4) is 0 Å². The van der Waals surface area contributed by atoms with E-state index >= 15 is 0 Å². The number of nitrogens with two attached hydrogens (primary N) is 1. The van der Waals surface area contributed by atoms with E-state index in [1.165, 1.54) is 0 Å². The number of guanidine groups is 1. The summed E-state index contributed by atoms with van der Waals surface area (Å²) in [5, 5.41) is 5.61. The zero-order chi connectivity index (χ0) is 13.7. The Labute approximate surface area is 135 Å². The van der Waals surface area contributed by atoms with Gasteiger partial charge in [0, 0.05) is 19.0 Å². The van der Waals surface area contributed by atoms with Crippen molar-refractivity contribution in [2.24, 2.45) is 10.7 Å². The molecule has 0 bridgehead atoms. The standard InChI is InChI=1S/C13H18N4O2.HI/c1-15-12(18)8-16-13(14)17-10-6-7-19-11-5-3-2-4-9(10)11;/h2-5,10H,6-8H2,1H3,(H,15,18)(H3,14,16,17);1H. The van der Waals surface area contributed by atoms with Crippen LogP contribution < -0.4 is 21.1 Å². The van der Waals surface area contributed by atoms with Gasteiger partial charge in [0.1, 0.15) is 12.3 Å². The molecule has 6 nitrogen and oxygen atoms in total. The van der Waals surface area contributed by atoms with Crippen LogP contribution in [0.5, 0.6) is 5.75 Å². The van der Waals surface area contributed by atoms with Gasteiger partial charge in [-0.3, -0.25) is 4.79 Å². The van der Waals surface area contributed by atoms with E-state index in [4.69, 9.17) is 10.5 Å². The molecule has 1 aromatic carbocycles. The van der Waals surface area contributed by atoms with Crippen LogP contribution in [-0.4, -0.2) is 32.1 Å². The van der Waals surface area contributed by atoms with Crippen molar-refractivity contribution in [3.05, 3.63) is 29.8 Å². The fourth-order valence-electron chi connectivity index (χ4n) is 1.95. The number of likely N-dealkylation sites (N-methyl/N-ethyl adjacent to an activating group) is 1. The first-order chi connectivity index (χ1) is 9.20. The van der Waals surface area contributed by atoms with E-state index in [1.54, 1.807) is 7.05 Å². The normalized spacial score (nSPS) is 17.2. The van der Waals surface area contributed by atoms with Crippen LogP contribution in [0.4, 0.5) is 0 Å². The summed E-state index contributed by atoms with van der Waals surface area (Å²) >= 11 is 0. The summed E-state index contributed by atoms with van der Waals surface area (Å²) < 4.78 is 5.57. The summed E-state index contributed by atoms with van der Waals surface area (Å²) in [6.45, 7) is 0.664. The van der Waals surface area contributed by atoms with Crippen molar-refractivity contribution in [2.45, 2.75) is 12.5 Å². The number of amides is 1. The Morgan fingerprint density at radius 3 is 3.00 bits per heavy atom. The SMILES string of the molecule is CNC(=O)CN=C(N)NC1CCOc2ccccc21.I. The molecule has 1 aliphatic heterocycles. The highest BCUT2D eigenvalue weighted by atomic mass is 127. The number of hydrogen-bond donors (Lipinski definition) is 3. The van der Waals surface area contributed by atoms with Crippen LogP contribution >= 0.6 is 24.0 Å². The van der Waals surface area contributed by atoms with E-state index in [0.717, 1.165) is 17.7 Å². The van der Waals surface area contributed by atoms with Gasteiger partial charge in [-0.2, -0.15) is 0 Å². The minimum atomic E-state index is -0.169. The Morgan fingerprint density at radius 2 is 2.25 bits per heavy atom. The maximum absolute atomic E-state index is 11.1. The number of nitrogens with one attached hydrogen (secondary N) is 2. The molecule has 1 atom stereocenters. The lowest BCUT2D eigenvalue weighted by molar-refractivity contribution is -0.119. The maximum atomic E-state index is 11.1. The highest BCUT2D eigenvalue weighted by Crippen LogP contribution is 2.31. The molecule has 0 saturated carbocycles. The molecule has 110 valence electrons. The number of nitrogens with zero attached hydrogens (tertiary/aromatic N) is 1. The predicted octanol–water partition coefficient (Wildman–Crippen LogP) is 0.778. The van der Waals surface area contributed by atoms with Crippen molar-refractivity contribution in [3.8, 4) is 5.75 Å². The van der Waals surface area contributed by atoms with Crippen LogP contribution in [0.15, 0.2) is 29.3 Å². The number of ether oxygens (including phenoxy) is 1. The second-order valence-electron chi connectivity index (χ2n) is 4.25. The summed E-state index contributed by atoms with van der Waals surface area (Å²) in [5.41, 5.74) is 6.84. The number of benzene rings is 1. The third-order valence-corrected chi connectivity index (χ3v) is 2.95. The molecule has 0 fully saturated rings. The van der Waals surface area contributed by atoms with Crippen LogP contribution in [0.1, 0.15) is 18.0 Å². The monoisotopic (exact) mass is 390 g/mol. The first-order valence-electron chi connectivity index (χ1n) is 6.19. The lowest BCUT2D eigenvalue weighted by atomic mass is 10.0. The Hall–Kier alpha value is -1.51. The highest BCUT2D eigenvalue weighted by Gasteiger charge is 2.21. The fraction of sp³-hybridized carbons (Fsp3) is 0.385. The van der Waals surface area contributed by atoms with Gasteiger partial charge in [0.05, 0.1) is 12.6 Å². The molecule has 0 radical (unpaired) electrons.